The first-order chi connectivity index (χ1) is 11.1. The molecule has 0 bridgehead atoms. The van der Waals surface area contributed by atoms with Gasteiger partial charge in [-0.1, -0.05) is 28.9 Å². The van der Waals surface area contributed by atoms with Gasteiger partial charge in [-0.05, 0) is 37.1 Å². The van der Waals surface area contributed by atoms with Crippen LogP contribution in [0.2, 0.25) is 0 Å². The fraction of sp³-hybridized carbons (Fsp3) is 0.176. The molecule has 0 aliphatic carbocycles. The molecule has 2 heterocycles. The Bertz CT molecular complexity index is 828. The second kappa shape index (κ2) is 6.39. The van der Waals surface area contributed by atoms with E-state index in [2.05, 4.69) is 33.5 Å². The molecule has 0 radical (unpaired) electrons. The quantitative estimate of drug-likeness (QED) is 0.801. The molecule has 0 unspecified atom stereocenters. The maximum atomic E-state index is 12.0. The van der Waals surface area contributed by atoms with E-state index in [4.69, 9.17) is 4.42 Å². The number of aryl methyl sites for hydroxylation is 2. The predicted molar refractivity (Wildman–Crippen MR) is 85.2 cm³/mol. The lowest BCUT2D eigenvalue weighted by atomic mass is 10.0. The normalized spacial score (nSPS) is 10.5. The van der Waals surface area contributed by atoms with E-state index in [-0.39, 0.29) is 11.9 Å². The van der Waals surface area contributed by atoms with Crippen LogP contribution >= 0.6 is 0 Å². The number of carbonyl (C=O) groups excluding carboxylic acids is 1. The first-order valence-corrected chi connectivity index (χ1v) is 7.22. The van der Waals surface area contributed by atoms with Crippen molar-refractivity contribution in [3.05, 3.63) is 70.9 Å². The summed E-state index contributed by atoms with van der Waals surface area (Å²) in [5.74, 6) is 0.149. The molecule has 1 aromatic carbocycles. The number of benzene rings is 1. The van der Waals surface area contributed by atoms with E-state index in [1.165, 1.54) is 11.1 Å². The number of nitrogens with one attached hydrogen (secondary N) is 1. The lowest BCUT2D eigenvalue weighted by Crippen LogP contribution is -2.11. The van der Waals surface area contributed by atoms with Gasteiger partial charge in [0.1, 0.15) is 0 Å². The second-order valence-corrected chi connectivity index (χ2v) is 5.30. The van der Waals surface area contributed by atoms with Crippen molar-refractivity contribution in [2.75, 3.05) is 5.32 Å². The third-order valence-electron chi connectivity index (χ3n) is 3.47. The highest BCUT2D eigenvalue weighted by Crippen LogP contribution is 2.16. The molecule has 0 atom stereocenters. The summed E-state index contributed by atoms with van der Waals surface area (Å²) in [5.41, 5.74) is 3.98. The van der Waals surface area contributed by atoms with Crippen LogP contribution < -0.4 is 5.32 Å². The van der Waals surface area contributed by atoms with Crippen LogP contribution in [-0.4, -0.2) is 21.1 Å². The summed E-state index contributed by atoms with van der Waals surface area (Å²) in [6, 6.07) is 9.52. The zero-order valence-corrected chi connectivity index (χ0v) is 12.9. The van der Waals surface area contributed by atoms with Crippen LogP contribution in [0.15, 0.2) is 47.1 Å². The molecule has 23 heavy (non-hydrogen) atoms. The van der Waals surface area contributed by atoms with E-state index >= 15 is 0 Å². The van der Waals surface area contributed by atoms with Gasteiger partial charge in [0.25, 0.3) is 5.91 Å². The maximum absolute atomic E-state index is 12.0. The molecule has 0 saturated carbocycles. The van der Waals surface area contributed by atoms with Crippen LogP contribution in [0.4, 0.5) is 6.01 Å². The van der Waals surface area contributed by atoms with E-state index in [9.17, 15) is 4.79 Å². The van der Waals surface area contributed by atoms with Gasteiger partial charge in [-0.15, -0.1) is 5.10 Å². The Morgan fingerprint density at radius 3 is 2.65 bits per heavy atom. The number of amides is 1. The third-order valence-corrected chi connectivity index (χ3v) is 3.47. The average Bonchev–Trinajstić information content (AvgIpc) is 2.98. The lowest BCUT2D eigenvalue weighted by molar-refractivity contribution is 0.102. The van der Waals surface area contributed by atoms with Crippen molar-refractivity contribution >= 4 is 11.9 Å². The predicted octanol–water partition coefficient (Wildman–Crippen LogP) is 2.92. The summed E-state index contributed by atoms with van der Waals surface area (Å²) >= 11 is 0. The molecule has 0 aliphatic heterocycles. The van der Waals surface area contributed by atoms with Gasteiger partial charge >= 0.3 is 6.01 Å². The first-order valence-electron chi connectivity index (χ1n) is 7.22. The summed E-state index contributed by atoms with van der Waals surface area (Å²) in [5, 5.41) is 10.4. The zero-order valence-electron chi connectivity index (χ0n) is 12.9. The Labute approximate surface area is 133 Å². The Kier molecular flexibility index (Phi) is 4.14. The van der Waals surface area contributed by atoms with E-state index < -0.39 is 0 Å². The highest BCUT2D eigenvalue weighted by molar-refractivity contribution is 6.02. The molecule has 0 fully saturated rings. The summed E-state index contributed by atoms with van der Waals surface area (Å²) < 4.78 is 5.50. The zero-order chi connectivity index (χ0) is 16.2. The molecule has 3 rings (SSSR count). The van der Waals surface area contributed by atoms with Crippen LogP contribution in [0, 0.1) is 13.8 Å². The van der Waals surface area contributed by atoms with Crippen molar-refractivity contribution in [3.63, 3.8) is 0 Å². The number of nitrogens with zero attached hydrogens (tertiary/aromatic N) is 3. The van der Waals surface area contributed by atoms with Crippen molar-refractivity contribution in [1.29, 1.82) is 0 Å². The summed E-state index contributed by atoms with van der Waals surface area (Å²) in [4.78, 5) is 15.9. The molecule has 6 nitrogen and oxygen atoms in total. The van der Waals surface area contributed by atoms with E-state index in [1.807, 2.05) is 19.1 Å². The standard InChI is InChI=1S/C17H16N4O2/c1-11-3-4-14(12(2)9-11)10-15-20-21-17(23-15)19-16(22)13-5-7-18-8-6-13/h3-9H,10H2,1-2H3,(H,19,21,22). The van der Waals surface area contributed by atoms with Crippen LogP contribution in [-0.2, 0) is 6.42 Å². The average molecular weight is 308 g/mol. The van der Waals surface area contributed by atoms with Crippen LogP contribution in [0.5, 0.6) is 0 Å². The highest BCUT2D eigenvalue weighted by Gasteiger charge is 2.12. The van der Waals surface area contributed by atoms with Crippen molar-refractivity contribution < 1.29 is 9.21 Å². The smallest absolute Gasteiger partial charge is 0.322 e. The molecule has 0 saturated heterocycles. The molecule has 0 spiro atoms. The number of anilines is 1. The fourth-order valence-corrected chi connectivity index (χ4v) is 2.26. The lowest BCUT2D eigenvalue weighted by Gasteiger charge is -2.03. The summed E-state index contributed by atoms with van der Waals surface area (Å²) in [7, 11) is 0. The Morgan fingerprint density at radius 1 is 1.13 bits per heavy atom. The van der Waals surface area contributed by atoms with Gasteiger partial charge in [0, 0.05) is 18.0 Å². The van der Waals surface area contributed by atoms with Crippen LogP contribution in [0.1, 0.15) is 32.9 Å². The van der Waals surface area contributed by atoms with Crippen LogP contribution in [0.25, 0.3) is 0 Å². The largest absolute Gasteiger partial charge is 0.407 e. The van der Waals surface area contributed by atoms with Gasteiger partial charge in [-0.3, -0.25) is 15.1 Å². The SMILES string of the molecule is Cc1ccc(Cc2nnc(NC(=O)c3ccncc3)o2)c(C)c1. The first kappa shape index (κ1) is 14.9. The summed E-state index contributed by atoms with van der Waals surface area (Å²) in [6.07, 6.45) is 3.63. The number of pyridine rings is 1. The van der Waals surface area contributed by atoms with Crippen molar-refractivity contribution in [2.24, 2.45) is 0 Å². The monoisotopic (exact) mass is 308 g/mol. The fourth-order valence-electron chi connectivity index (χ4n) is 2.26. The van der Waals surface area contributed by atoms with Gasteiger partial charge < -0.3 is 4.42 Å². The highest BCUT2D eigenvalue weighted by atomic mass is 16.4. The Morgan fingerprint density at radius 2 is 1.91 bits per heavy atom. The summed E-state index contributed by atoms with van der Waals surface area (Å²) in [6.45, 7) is 4.10. The molecular formula is C17H16N4O2. The topological polar surface area (TPSA) is 80.9 Å². The number of rotatable bonds is 4. The second-order valence-electron chi connectivity index (χ2n) is 5.30. The number of aromatic nitrogens is 3. The molecule has 3 aromatic rings. The van der Waals surface area contributed by atoms with Gasteiger partial charge in [0.15, 0.2) is 0 Å². The van der Waals surface area contributed by atoms with Gasteiger partial charge in [-0.25, -0.2) is 0 Å². The maximum Gasteiger partial charge on any atom is 0.322 e. The van der Waals surface area contributed by atoms with E-state index in [0.717, 1.165) is 5.56 Å². The molecule has 6 heteroatoms. The van der Waals surface area contributed by atoms with Crippen LogP contribution in [0.3, 0.4) is 0 Å². The number of carbonyl (C=O) groups is 1. The van der Waals surface area contributed by atoms with Gasteiger partial charge in [0.05, 0.1) is 6.42 Å². The minimum Gasteiger partial charge on any atom is -0.407 e. The van der Waals surface area contributed by atoms with Gasteiger partial charge in [0.2, 0.25) is 5.89 Å². The van der Waals surface area contributed by atoms with E-state index in [0.29, 0.717) is 17.9 Å². The van der Waals surface area contributed by atoms with Crippen molar-refractivity contribution in [1.82, 2.24) is 15.2 Å². The van der Waals surface area contributed by atoms with Crippen molar-refractivity contribution in [3.8, 4) is 0 Å². The molecule has 1 N–H and O–H groups in total. The number of hydrogen-bond donors (Lipinski definition) is 1. The molecule has 116 valence electrons. The third kappa shape index (κ3) is 3.60. The minimum absolute atomic E-state index is 0.0894. The number of hydrogen-bond acceptors (Lipinski definition) is 5. The van der Waals surface area contributed by atoms with E-state index in [1.54, 1.807) is 24.5 Å². The Hall–Kier alpha value is -3.02. The molecule has 0 aliphatic rings. The molecule has 1 amide bonds. The minimum atomic E-state index is -0.311. The molecular weight excluding hydrogens is 292 g/mol. The van der Waals surface area contributed by atoms with Crippen molar-refractivity contribution in [2.45, 2.75) is 20.3 Å². The molecule has 2 aromatic heterocycles. The Balaban J connectivity index is 1.70. The van der Waals surface area contributed by atoms with Gasteiger partial charge in [-0.2, -0.15) is 0 Å².